The van der Waals surface area contributed by atoms with Gasteiger partial charge in [-0.15, -0.1) is 0 Å². The number of nitrogens with two attached hydrogens (primary N) is 1. The van der Waals surface area contributed by atoms with E-state index in [2.05, 4.69) is 16.5 Å². The lowest BCUT2D eigenvalue weighted by Gasteiger charge is -2.38. The summed E-state index contributed by atoms with van der Waals surface area (Å²) in [6.45, 7) is 6.14. The van der Waals surface area contributed by atoms with Crippen LogP contribution < -0.4 is 10.6 Å². The molecule has 1 aliphatic carbocycles. The quantitative estimate of drug-likeness (QED) is 0.874. The Morgan fingerprint density at radius 2 is 1.79 bits per heavy atom. The number of anilines is 1. The second kappa shape index (κ2) is 6.76. The van der Waals surface area contributed by atoms with Gasteiger partial charge in [-0.3, -0.25) is 0 Å². The van der Waals surface area contributed by atoms with E-state index in [1.54, 1.807) is 0 Å². The smallest absolute Gasteiger partial charge is 0.290 e. The molecule has 3 heterocycles. The molecule has 0 bridgehead atoms. The van der Waals surface area contributed by atoms with Crippen molar-refractivity contribution in [2.75, 3.05) is 31.2 Å². The van der Waals surface area contributed by atoms with Crippen molar-refractivity contribution in [1.29, 1.82) is 5.26 Å². The Kier molecular flexibility index (Phi) is 4.52. The van der Waals surface area contributed by atoms with Crippen LogP contribution >= 0.6 is 0 Å². The summed E-state index contributed by atoms with van der Waals surface area (Å²) in [5, 5.41) is 6.50. The van der Waals surface area contributed by atoms with Gasteiger partial charge in [-0.2, -0.15) is 8.78 Å². The number of aromatic nitrogens is 2. The highest BCUT2D eigenvalue weighted by molar-refractivity contribution is 5.67. The van der Waals surface area contributed by atoms with Crippen LogP contribution in [0.4, 0.5) is 14.7 Å². The first-order valence-electron chi connectivity index (χ1n) is 9.24. The zero-order chi connectivity index (χ0) is 19.9. The van der Waals surface area contributed by atoms with Crippen LogP contribution in [0.15, 0.2) is 24.3 Å². The molecule has 1 aromatic heterocycles. The van der Waals surface area contributed by atoms with E-state index in [4.69, 9.17) is 15.7 Å². The van der Waals surface area contributed by atoms with Crippen molar-refractivity contribution in [1.82, 2.24) is 9.97 Å². The van der Waals surface area contributed by atoms with E-state index in [-0.39, 0.29) is 12.1 Å². The number of halogens is 2. The molecule has 3 aliphatic rings. The highest BCUT2D eigenvalue weighted by atomic mass is 19.3. The van der Waals surface area contributed by atoms with Crippen LogP contribution in [-0.2, 0) is 22.6 Å². The van der Waals surface area contributed by atoms with Crippen molar-refractivity contribution >= 4 is 5.95 Å². The Labute approximate surface area is 162 Å². The lowest BCUT2D eigenvalue weighted by atomic mass is 9.88. The summed E-state index contributed by atoms with van der Waals surface area (Å²) in [4.78, 5) is 10.8. The topological polar surface area (TPSA) is 88.1 Å². The molecule has 0 spiro atoms. The molecule has 0 radical (unpaired) electrons. The van der Waals surface area contributed by atoms with Crippen molar-refractivity contribution in [3.63, 3.8) is 0 Å². The molecule has 0 amide bonds. The summed E-state index contributed by atoms with van der Waals surface area (Å²) in [5.74, 6) is -2.46. The molecule has 146 valence electrons. The number of nitrogens with zero attached hydrogens (tertiary/aromatic N) is 4. The van der Waals surface area contributed by atoms with Crippen LogP contribution in [-0.4, -0.2) is 36.3 Å². The fourth-order valence-electron chi connectivity index (χ4n) is 3.76. The van der Waals surface area contributed by atoms with Crippen LogP contribution in [0.3, 0.4) is 0 Å². The highest BCUT2D eigenvalue weighted by Crippen LogP contribution is 2.44. The maximum atomic E-state index is 14.3. The van der Waals surface area contributed by atoms with Gasteiger partial charge in [0.05, 0.1) is 24.4 Å². The number of fused-ring (bicyclic) bond motifs is 1. The largest absolute Gasteiger partial charge is 0.377 e. The van der Waals surface area contributed by atoms with Crippen molar-refractivity contribution in [3.05, 3.63) is 41.1 Å². The molecule has 0 saturated carbocycles. The first-order valence-corrected chi connectivity index (χ1v) is 9.24. The van der Waals surface area contributed by atoms with Crippen molar-refractivity contribution < 1.29 is 13.5 Å². The molecular weight excluding hydrogens is 364 g/mol. The minimum atomic E-state index is -2.88. The minimum absolute atomic E-state index is 0.101. The average Bonchev–Trinajstić information content (AvgIpc) is 2.95. The first-order chi connectivity index (χ1) is 13.5. The number of benzene rings is 1. The van der Waals surface area contributed by atoms with Crippen molar-refractivity contribution in [2.24, 2.45) is 5.73 Å². The van der Waals surface area contributed by atoms with Gasteiger partial charge in [0.25, 0.3) is 5.92 Å². The van der Waals surface area contributed by atoms with Gasteiger partial charge in [0.1, 0.15) is 5.69 Å². The Balaban J connectivity index is 0.000000932. The fraction of sp³-hybridized carbons (Fsp3) is 0.450. The third-order valence-electron chi connectivity index (χ3n) is 5.62. The zero-order valence-electron chi connectivity index (χ0n) is 15.4. The molecule has 0 unspecified atom stereocenters. The number of hydrogen-bond donors (Lipinski definition) is 1. The van der Waals surface area contributed by atoms with Crippen LogP contribution in [0.25, 0.3) is 11.3 Å². The number of rotatable bonds is 3. The molecule has 6 nitrogen and oxygen atoms in total. The highest BCUT2D eigenvalue weighted by Gasteiger charge is 2.43. The summed E-state index contributed by atoms with van der Waals surface area (Å²) in [6, 6.07) is 7.73. The van der Waals surface area contributed by atoms with Gasteiger partial charge >= 0.3 is 0 Å². The van der Waals surface area contributed by atoms with Gasteiger partial charge < -0.3 is 15.4 Å². The Hall–Kier alpha value is -2.63. The van der Waals surface area contributed by atoms with E-state index in [0.717, 1.165) is 30.6 Å². The summed E-state index contributed by atoms with van der Waals surface area (Å²) < 4.78 is 33.9. The van der Waals surface area contributed by atoms with Crippen LogP contribution in [0.5, 0.6) is 0 Å². The van der Waals surface area contributed by atoms with E-state index in [1.165, 1.54) is 0 Å². The van der Waals surface area contributed by atoms with Gasteiger partial charge in [-0.05, 0) is 18.4 Å². The monoisotopic (exact) mass is 385 g/mol. The molecule has 5 rings (SSSR count). The van der Waals surface area contributed by atoms with Crippen LogP contribution in [0.1, 0.15) is 29.7 Å². The Bertz CT molecular complexity index is 905. The van der Waals surface area contributed by atoms with E-state index in [9.17, 15) is 8.78 Å². The van der Waals surface area contributed by atoms with Crippen LogP contribution in [0.2, 0.25) is 0 Å². The average molecular weight is 385 g/mol. The predicted octanol–water partition coefficient (Wildman–Crippen LogP) is 2.72. The molecule has 0 atom stereocenters. The van der Waals surface area contributed by atoms with Crippen molar-refractivity contribution in [3.8, 4) is 17.8 Å². The van der Waals surface area contributed by atoms with E-state index >= 15 is 0 Å². The van der Waals surface area contributed by atoms with Crippen molar-refractivity contribution in [2.45, 2.75) is 30.7 Å². The van der Waals surface area contributed by atoms with E-state index in [1.807, 2.05) is 29.2 Å². The molecule has 2 saturated heterocycles. The molecule has 2 fully saturated rings. The molecule has 1 aromatic carbocycles. The van der Waals surface area contributed by atoms with Gasteiger partial charge in [-0.1, -0.05) is 24.3 Å². The normalized spacial score (nSPS) is 21.0. The molecule has 2 N–H and O–H groups in total. The fourth-order valence-corrected chi connectivity index (χ4v) is 3.76. The lowest BCUT2D eigenvalue weighted by Crippen LogP contribution is -2.54. The summed E-state index contributed by atoms with van der Waals surface area (Å²) in [7, 11) is 0. The standard InChI is InChI=1S/C19H20F2N4O.CHN/c20-19(21)7-6-14-15(23-17(24-16(14)19)25-8-1-9-25)12-2-4-13(5-3-12)18(22)10-26-11-18;1-2/h2-5H,1,6-11,22H2;1H. The number of ether oxygens (including phenoxy) is 1. The number of alkyl halides is 2. The zero-order valence-corrected chi connectivity index (χ0v) is 15.4. The molecule has 28 heavy (non-hydrogen) atoms. The Morgan fingerprint density at radius 1 is 1.11 bits per heavy atom. The maximum Gasteiger partial charge on any atom is 0.290 e. The Morgan fingerprint density at radius 3 is 2.32 bits per heavy atom. The third-order valence-corrected chi connectivity index (χ3v) is 5.62. The van der Waals surface area contributed by atoms with Crippen LogP contribution in [0, 0.1) is 11.8 Å². The number of nitriles is 1. The molecule has 2 aliphatic heterocycles. The van der Waals surface area contributed by atoms with E-state index in [0.29, 0.717) is 36.8 Å². The van der Waals surface area contributed by atoms with E-state index < -0.39 is 11.5 Å². The molecular formula is C20H21F2N5O. The maximum absolute atomic E-state index is 14.3. The number of hydrogen-bond acceptors (Lipinski definition) is 6. The molecule has 2 aromatic rings. The second-order valence-corrected chi connectivity index (χ2v) is 7.47. The first kappa shape index (κ1) is 18.7. The second-order valence-electron chi connectivity index (χ2n) is 7.47. The molecule has 8 heteroatoms. The SMILES string of the molecule is C#N.NC1(c2ccc(-c3nc(N4CCC4)nc4c3CCC4(F)F)cc2)COC1. The van der Waals surface area contributed by atoms with Gasteiger partial charge in [0.15, 0.2) is 0 Å². The third kappa shape index (κ3) is 2.91. The van der Waals surface area contributed by atoms with Gasteiger partial charge in [0.2, 0.25) is 5.95 Å². The summed E-state index contributed by atoms with van der Waals surface area (Å²) in [5.41, 5.74) is 8.74. The van der Waals surface area contributed by atoms with Gasteiger partial charge in [0, 0.05) is 37.2 Å². The summed E-state index contributed by atoms with van der Waals surface area (Å²) in [6.07, 6.45) is 1.14. The minimum Gasteiger partial charge on any atom is -0.377 e. The summed E-state index contributed by atoms with van der Waals surface area (Å²) >= 11 is 0. The van der Waals surface area contributed by atoms with Gasteiger partial charge in [-0.25, -0.2) is 15.2 Å². The predicted molar refractivity (Wildman–Crippen MR) is 99.9 cm³/mol. The lowest BCUT2D eigenvalue weighted by molar-refractivity contribution is -0.0569.